The van der Waals surface area contributed by atoms with Crippen molar-refractivity contribution in [3.05, 3.63) is 64.5 Å². The van der Waals surface area contributed by atoms with Gasteiger partial charge >= 0.3 is 5.97 Å². The second kappa shape index (κ2) is 13.4. The zero-order chi connectivity index (χ0) is 30.6. The van der Waals surface area contributed by atoms with Crippen LogP contribution in [0.25, 0.3) is 0 Å². The Kier molecular flexibility index (Phi) is 9.59. The van der Waals surface area contributed by atoms with Crippen LogP contribution >= 0.6 is 0 Å². The van der Waals surface area contributed by atoms with E-state index in [-0.39, 0.29) is 30.1 Å². The zero-order valence-electron chi connectivity index (χ0n) is 25.7. The van der Waals surface area contributed by atoms with Crippen molar-refractivity contribution in [2.75, 3.05) is 19.6 Å². The van der Waals surface area contributed by atoms with Crippen LogP contribution in [0.3, 0.4) is 0 Å². The monoisotopic (exact) mass is 588 g/mol. The van der Waals surface area contributed by atoms with Gasteiger partial charge < -0.3 is 14.5 Å². The molecule has 0 saturated carbocycles. The number of amides is 3. The van der Waals surface area contributed by atoms with Gasteiger partial charge in [0.2, 0.25) is 11.8 Å². The van der Waals surface area contributed by atoms with Crippen LogP contribution in [0.4, 0.5) is 0 Å². The Labute approximate surface area is 254 Å². The lowest BCUT2D eigenvalue weighted by Gasteiger charge is -2.32. The van der Waals surface area contributed by atoms with Crippen molar-refractivity contribution < 1.29 is 23.9 Å². The molecule has 0 spiro atoms. The van der Waals surface area contributed by atoms with Gasteiger partial charge in [-0.15, -0.1) is 0 Å². The fourth-order valence-electron chi connectivity index (χ4n) is 6.34. The predicted molar refractivity (Wildman–Crippen MR) is 162 cm³/mol. The average molecular weight is 589 g/mol. The molecule has 1 unspecified atom stereocenters. The summed E-state index contributed by atoms with van der Waals surface area (Å²) in [5.74, 6) is -0.632. The van der Waals surface area contributed by atoms with Gasteiger partial charge in [-0.3, -0.25) is 24.7 Å². The second-order valence-electron chi connectivity index (χ2n) is 13.1. The lowest BCUT2D eigenvalue weighted by molar-refractivity contribution is -0.136. The predicted octanol–water partition coefficient (Wildman–Crippen LogP) is 4.78. The summed E-state index contributed by atoms with van der Waals surface area (Å²) in [5, 5.41) is 2.37. The molecule has 0 bridgehead atoms. The van der Waals surface area contributed by atoms with Gasteiger partial charge in [-0.05, 0) is 114 Å². The number of nitrogens with one attached hydrogen (secondary N) is 1. The van der Waals surface area contributed by atoms with Crippen LogP contribution in [0.1, 0.15) is 116 Å². The average Bonchev–Trinajstić information content (AvgIpc) is 3.30. The Morgan fingerprint density at radius 1 is 1.00 bits per heavy atom. The minimum Gasteiger partial charge on any atom is -0.456 e. The molecule has 1 aromatic carbocycles. The molecule has 2 aromatic rings. The second-order valence-corrected chi connectivity index (χ2v) is 13.1. The highest BCUT2D eigenvalue weighted by atomic mass is 16.6. The molecule has 5 rings (SSSR count). The minimum absolute atomic E-state index is 0.0996. The quantitative estimate of drug-likeness (QED) is 0.242. The molecule has 3 aliphatic rings. The lowest BCUT2D eigenvalue weighted by Crippen LogP contribution is -2.52. The minimum atomic E-state index is -0.571. The van der Waals surface area contributed by atoms with Crippen LogP contribution in [0.15, 0.2) is 36.5 Å². The largest absolute Gasteiger partial charge is 0.456 e. The Morgan fingerprint density at radius 2 is 1.77 bits per heavy atom. The van der Waals surface area contributed by atoms with Gasteiger partial charge in [-0.1, -0.05) is 25.0 Å². The summed E-state index contributed by atoms with van der Waals surface area (Å²) in [7, 11) is 0. The first-order valence-electron chi connectivity index (χ1n) is 15.8. The molecule has 3 aliphatic heterocycles. The fourth-order valence-corrected chi connectivity index (χ4v) is 6.34. The molecule has 3 amide bonds. The van der Waals surface area contributed by atoms with Gasteiger partial charge in [-0.25, -0.2) is 4.79 Å². The van der Waals surface area contributed by atoms with Crippen LogP contribution in [0, 0.1) is 0 Å². The summed E-state index contributed by atoms with van der Waals surface area (Å²) in [6, 6.07) is 9.40. The maximum absolute atomic E-state index is 13.2. The van der Waals surface area contributed by atoms with E-state index in [1.807, 2.05) is 39.0 Å². The number of imide groups is 1. The number of unbranched alkanes of at least 4 members (excludes halogenated alkanes) is 3. The number of aryl methyl sites for hydroxylation is 1. The number of pyridine rings is 1. The number of hydrogen-bond donors (Lipinski definition) is 1. The molecule has 0 radical (unpaired) electrons. The van der Waals surface area contributed by atoms with Gasteiger partial charge in [-0.2, -0.15) is 0 Å². The van der Waals surface area contributed by atoms with Crippen molar-refractivity contribution >= 4 is 23.7 Å². The number of fused-ring (bicyclic) bond motifs is 1. The van der Waals surface area contributed by atoms with E-state index in [0.29, 0.717) is 30.0 Å². The van der Waals surface area contributed by atoms with E-state index in [0.717, 1.165) is 63.0 Å². The van der Waals surface area contributed by atoms with E-state index in [1.54, 1.807) is 17.2 Å². The molecule has 230 valence electrons. The van der Waals surface area contributed by atoms with Crippen LogP contribution in [-0.2, 0) is 27.3 Å². The fraction of sp³-hybridized carbons (Fsp3) is 0.559. The number of esters is 1. The first-order valence-corrected chi connectivity index (χ1v) is 15.8. The number of benzene rings is 1. The topological polar surface area (TPSA) is 109 Å². The Morgan fingerprint density at radius 3 is 2.47 bits per heavy atom. The number of aromatic nitrogens is 1. The summed E-state index contributed by atoms with van der Waals surface area (Å²) in [5.41, 5.74) is 3.86. The normalized spacial score (nSPS) is 19.8. The lowest BCUT2D eigenvalue weighted by atomic mass is 9.88. The highest BCUT2D eigenvalue weighted by Crippen LogP contribution is 2.33. The Balaban J connectivity index is 0.994. The highest BCUT2D eigenvalue weighted by molar-refractivity contribution is 6.05. The number of ether oxygens (including phenoxy) is 1. The smallest absolute Gasteiger partial charge is 0.340 e. The standard InChI is InChI=1S/C34H44N4O5/c1-34(2,3)43-33(42)25-11-12-27(35-21-25)8-6-4-5-7-17-37-18-15-23(16-19-37)24-9-10-26-22-38(32(41)28(26)20-24)29-13-14-30(39)36-31(29)40/h9-12,20-21,23,29H,4-8,13-19,22H2,1-3H3,(H,36,39,40). The molecular weight excluding hydrogens is 544 g/mol. The SMILES string of the molecule is CC(C)(C)OC(=O)c1ccc(CCCCCCN2CCC(c3ccc4c(c3)C(=O)N(C3CCC(=O)NC3=O)C4)CC2)nc1. The molecule has 1 atom stereocenters. The first kappa shape index (κ1) is 30.9. The summed E-state index contributed by atoms with van der Waals surface area (Å²) < 4.78 is 5.40. The number of likely N-dealkylation sites (tertiary alicyclic amines) is 1. The molecule has 0 aliphatic carbocycles. The molecule has 1 aromatic heterocycles. The van der Waals surface area contributed by atoms with Crippen molar-refractivity contribution in [1.29, 1.82) is 0 Å². The summed E-state index contributed by atoms with van der Waals surface area (Å²) in [6.45, 7) is 9.23. The number of carbonyl (C=O) groups excluding carboxylic acids is 4. The molecule has 4 heterocycles. The molecule has 43 heavy (non-hydrogen) atoms. The molecule has 2 saturated heterocycles. The first-order chi connectivity index (χ1) is 20.6. The third-order valence-electron chi connectivity index (χ3n) is 8.73. The van der Waals surface area contributed by atoms with Gasteiger partial charge in [0.25, 0.3) is 5.91 Å². The maximum Gasteiger partial charge on any atom is 0.340 e. The summed E-state index contributed by atoms with van der Waals surface area (Å²) in [4.78, 5) is 57.8. The van der Waals surface area contributed by atoms with Crippen molar-refractivity contribution in [3.8, 4) is 0 Å². The number of hydrogen-bond acceptors (Lipinski definition) is 7. The van der Waals surface area contributed by atoms with Gasteiger partial charge in [0.15, 0.2) is 0 Å². The van der Waals surface area contributed by atoms with Crippen molar-refractivity contribution in [1.82, 2.24) is 20.1 Å². The maximum atomic E-state index is 13.2. The van der Waals surface area contributed by atoms with Crippen LogP contribution in [0.2, 0.25) is 0 Å². The van der Waals surface area contributed by atoms with E-state index in [1.165, 1.54) is 18.4 Å². The molecule has 9 nitrogen and oxygen atoms in total. The van der Waals surface area contributed by atoms with Crippen LogP contribution in [0.5, 0.6) is 0 Å². The van der Waals surface area contributed by atoms with Gasteiger partial charge in [0.05, 0.1) is 5.56 Å². The summed E-state index contributed by atoms with van der Waals surface area (Å²) >= 11 is 0. The van der Waals surface area contributed by atoms with Crippen molar-refractivity contribution in [3.63, 3.8) is 0 Å². The molecule has 9 heteroatoms. The van der Waals surface area contributed by atoms with E-state index >= 15 is 0 Å². The van der Waals surface area contributed by atoms with Crippen molar-refractivity contribution in [2.24, 2.45) is 0 Å². The van der Waals surface area contributed by atoms with Crippen LogP contribution < -0.4 is 5.32 Å². The molecule has 2 fully saturated rings. The van der Waals surface area contributed by atoms with Crippen LogP contribution in [-0.4, -0.2) is 69.8 Å². The number of rotatable bonds is 10. The molecular formula is C34H44N4O5. The highest BCUT2D eigenvalue weighted by Gasteiger charge is 2.39. The zero-order valence-corrected chi connectivity index (χ0v) is 25.7. The van der Waals surface area contributed by atoms with Gasteiger partial charge in [0, 0.05) is 30.4 Å². The molecule has 1 N–H and O–H groups in total. The van der Waals surface area contributed by atoms with Crippen molar-refractivity contribution in [2.45, 2.75) is 103 Å². The Hall–Kier alpha value is -3.59. The van der Waals surface area contributed by atoms with E-state index in [4.69, 9.17) is 4.74 Å². The number of piperidine rings is 2. The number of nitrogens with zero attached hydrogens (tertiary/aromatic N) is 3. The van der Waals surface area contributed by atoms with E-state index < -0.39 is 11.6 Å². The third-order valence-corrected chi connectivity index (χ3v) is 8.73. The summed E-state index contributed by atoms with van der Waals surface area (Å²) in [6.07, 6.45) is 9.94. The van der Waals surface area contributed by atoms with E-state index in [2.05, 4.69) is 21.3 Å². The van der Waals surface area contributed by atoms with Gasteiger partial charge in [0.1, 0.15) is 11.6 Å². The Bertz CT molecular complexity index is 1340. The third kappa shape index (κ3) is 7.88. The van der Waals surface area contributed by atoms with E-state index in [9.17, 15) is 19.2 Å². The number of carbonyl (C=O) groups is 4.